The molecule has 1 amide bonds. The Morgan fingerprint density at radius 2 is 1.70 bits per heavy atom. The van der Waals surface area contributed by atoms with Crippen molar-refractivity contribution in [1.82, 2.24) is 24.5 Å². The van der Waals surface area contributed by atoms with E-state index in [1.807, 2.05) is 42.5 Å². The summed E-state index contributed by atoms with van der Waals surface area (Å²) in [5.41, 5.74) is 10.4. The second kappa shape index (κ2) is 10.5. The number of likely N-dealkylation sites (tertiary alicyclic amines) is 1. The average Bonchev–Trinajstić information content (AvgIpc) is 3.42. The van der Waals surface area contributed by atoms with Crippen molar-refractivity contribution in [3.05, 3.63) is 66.1 Å². The number of amides is 1. The predicted octanol–water partition coefficient (Wildman–Crippen LogP) is 4.64. The molecule has 2 aliphatic rings. The summed E-state index contributed by atoms with van der Waals surface area (Å²) in [6.07, 6.45) is 8.66. The van der Waals surface area contributed by atoms with E-state index in [0.29, 0.717) is 55.7 Å². The molecule has 1 aromatic carbocycles. The molecule has 0 bridgehead atoms. The second-order valence-electron chi connectivity index (χ2n) is 11.1. The molecule has 0 radical (unpaired) electrons. The standard InChI is InChI=1S/C31H34N6O3/c1-20(38)26-27(22-12-16-36(17-13-22)30(39)31(40)14-6-3-7-15-31)35-29-24(19-34-37(29)28(26)32)23-10-11-25(33-18-23)21-8-4-2-5-9-21/h2,4-5,8-11,18-19,22,40H,3,6-7,12-17,32H2,1H3. The van der Waals surface area contributed by atoms with Gasteiger partial charge in [-0.25, -0.2) is 4.98 Å². The molecule has 9 heteroatoms. The van der Waals surface area contributed by atoms with E-state index in [1.165, 1.54) is 11.4 Å². The highest BCUT2D eigenvalue weighted by Gasteiger charge is 2.41. The van der Waals surface area contributed by atoms with Gasteiger partial charge in [0.05, 0.1) is 23.1 Å². The van der Waals surface area contributed by atoms with Crippen molar-refractivity contribution in [2.24, 2.45) is 0 Å². The normalized spacial score (nSPS) is 17.7. The summed E-state index contributed by atoms with van der Waals surface area (Å²) in [4.78, 5) is 37.4. The number of rotatable bonds is 5. The van der Waals surface area contributed by atoms with E-state index in [-0.39, 0.29) is 23.4 Å². The number of Topliss-reactive ketones (excluding diaryl/α,β-unsaturated/α-hetero) is 1. The number of anilines is 1. The largest absolute Gasteiger partial charge is 0.383 e. The van der Waals surface area contributed by atoms with Crippen molar-refractivity contribution >= 4 is 23.2 Å². The van der Waals surface area contributed by atoms with Crippen LogP contribution < -0.4 is 5.73 Å². The topological polar surface area (TPSA) is 127 Å². The van der Waals surface area contributed by atoms with Crippen LogP contribution in [0.25, 0.3) is 28.0 Å². The quantitative estimate of drug-likeness (QED) is 0.354. The number of aliphatic hydroxyl groups is 1. The molecule has 1 saturated carbocycles. The first-order chi connectivity index (χ1) is 19.4. The molecule has 0 atom stereocenters. The summed E-state index contributed by atoms with van der Waals surface area (Å²) >= 11 is 0. The number of hydrogen-bond donors (Lipinski definition) is 2. The third-order valence-corrected chi connectivity index (χ3v) is 8.45. The van der Waals surface area contributed by atoms with Gasteiger partial charge in [0.25, 0.3) is 5.91 Å². The van der Waals surface area contributed by atoms with E-state index in [2.05, 4.69) is 10.1 Å². The monoisotopic (exact) mass is 538 g/mol. The van der Waals surface area contributed by atoms with Crippen molar-refractivity contribution in [3.63, 3.8) is 0 Å². The number of benzene rings is 1. The predicted molar refractivity (Wildman–Crippen MR) is 153 cm³/mol. The number of piperidine rings is 1. The number of carbonyl (C=O) groups excluding carboxylic acids is 2. The molecule has 6 rings (SSSR count). The van der Waals surface area contributed by atoms with Crippen molar-refractivity contribution < 1.29 is 14.7 Å². The molecule has 40 heavy (non-hydrogen) atoms. The molecule has 1 aliphatic heterocycles. The Labute approximate surface area is 233 Å². The van der Waals surface area contributed by atoms with Gasteiger partial charge in [0.15, 0.2) is 11.4 Å². The van der Waals surface area contributed by atoms with Crippen LogP contribution in [0.3, 0.4) is 0 Å². The Balaban J connectivity index is 1.30. The molecule has 9 nitrogen and oxygen atoms in total. The Morgan fingerprint density at radius 1 is 0.975 bits per heavy atom. The molecule has 1 aliphatic carbocycles. The van der Waals surface area contributed by atoms with Crippen molar-refractivity contribution in [2.75, 3.05) is 18.8 Å². The van der Waals surface area contributed by atoms with Crippen LogP contribution in [0.1, 0.15) is 73.8 Å². The highest BCUT2D eigenvalue weighted by molar-refractivity contribution is 6.00. The summed E-state index contributed by atoms with van der Waals surface area (Å²) < 4.78 is 1.53. The Kier molecular flexibility index (Phi) is 6.83. The minimum atomic E-state index is -1.24. The van der Waals surface area contributed by atoms with Crippen LogP contribution in [0.15, 0.2) is 54.9 Å². The van der Waals surface area contributed by atoms with Gasteiger partial charge in [-0.15, -0.1) is 0 Å². The van der Waals surface area contributed by atoms with E-state index < -0.39 is 5.60 Å². The molecule has 0 spiro atoms. The van der Waals surface area contributed by atoms with E-state index in [4.69, 9.17) is 10.7 Å². The smallest absolute Gasteiger partial charge is 0.254 e. The van der Waals surface area contributed by atoms with Gasteiger partial charge in [0, 0.05) is 41.9 Å². The lowest BCUT2D eigenvalue weighted by molar-refractivity contribution is -0.155. The fourth-order valence-electron chi connectivity index (χ4n) is 6.23. The minimum absolute atomic E-state index is 0.0439. The SMILES string of the molecule is CC(=O)c1c(C2CCN(C(=O)C3(O)CCCCC3)CC2)nc2c(-c3ccc(-c4ccccc4)nc3)cnn2c1N. The van der Waals surface area contributed by atoms with Gasteiger partial charge >= 0.3 is 0 Å². The van der Waals surface area contributed by atoms with Crippen LogP contribution in [0, 0.1) is 0 Å². The first-order valence-corrected chi connectivity index (χ1v) is 14.1. The first kappa shape index (κ1) is 26.1. The molecule has 1 saturated heterocycles. The minimum Gasteiger partial charge on any atom is -0.383 e. The zero-order valence-corrected chi connectivity index (χ0v) is 22.7. The summed E-state index contributed by atoms with van der Waals surface area (Å²) in [7, 11) is 0. The van der Waals surface area contributed by atoms with Gasteiger partial charge in [0.2, 0.25) is 0 Å². The van der Waals surface area contributed by atoms with E-state index in [0.717, 1.165) is 41.6 Å². The number of nitrogens with two attached hydrogens (primary N) is 1. The number of fused-ring (bicyclic) bond motifs is 1. The van der Waals surface area contributed by atoms with Gasteiger partial charge in [-0.05, 0) is 38.7 Å². The van der Waals surface area contributed by atoms with Gasteiger partial charge in [-0.2, -0.15) is 9.61 Å². The lowest BCUT2D eigenvalue weighted by Crippen LogP contribution is -2.52. The Bertz CT molecular complexity index is 1550. The first-order valence-electron chi connectivity index (χ1n) is 14.1. The average molecular weight is 539 g/mol. The third kappa shape index (κ3) is 4.64. The molecule has 2 fully saturated rings. The Hall–Kier alpha value is -4.11. The number of carbonyl (C=O) groups is 2. The van der Waals surface area contributed by atoms with E-state index in [1.54, 1.807) is 17.3 Å². The number of nitrogen functional groups attached to an aromatic ring is 1. The summed E-state index contributed by atoms with van der Waals surface area (Å²) in [6.45, 7) is 2.51. The van der Waals surface area contributed by atoms with Crippen LogP contribution >= 0.6 is 0 Å². The summed E-state index contributed by atoms with van der Waals surface area (Å²) in [5.74, 6) is -0.104. The fourth-order valence-corrected chi connectivity index (χ4v) is 6.23. The van der Waals surface area contributed by atoms with Crippen molar-refractivity contribution in [1.29, 1.82) is 0 Å². The van der Waals surface area contributed by atoms with Crippen LogP contribution in [0.4, 0.5) is 5.82 Å². The molecule has 4 aromatic rings. The van der Waals surface area contributed by atoms with Crippen LogP contribution in [-0.2, 0) is 4.79 Å². The van der Waals surface area contributed by atoms with E-state index in [9.17, 15) is 14.7 Å². The van der Waals surface area contributed by atoms with Crippen LogP contribution in [0.2, 0.25) is 0 Å². The van der Waals surface area contributed by atoms with Gasteiger partial charge in [0.1, 0.15) is 11.4 Å². The summed E-state index contributed by atoms with van der Waals surface area (Å²) in [6, 6.07) is 13.9. The molecule has 3 N–H and O–H groups in total. The molecular formula is C31H34N6O3. The number of ketones is 1. The molecule has 4 heterocycles. The van der Waals surface area contributed by atoms with Crippen molar-refractivity contribution in [3.8, 4) is 22.4 Å². The van der Waals surface area contributed by atoms with Gasteiger partial charge in [-0.3, -0.25) is 14.6 Å². The highest BCUT2D eigenvalue weighted by Crippen LogP contribution is 2.37. The zero-order valence-electron chi connectivity index (χ0n) is 22.7. The van der Waals surface area contributed by atoms with Gasteiger partial charge in [-0.1, -0.05) is 55.7 Å². The van der Waals surface area contributed by atoms with Crippen LogP contribution in [0.5, 0.6) is 0 Å². The number of nitrogens with zero attached hydrogens (tertiary/aromatic N) is 5. The fraction of sp³-hybridized carbons (Fsp3) is 0.387. The Morgan fingerprint density at radius 3 is 2.35 bits per heavy atom. The zero-order chi connectivity index (χ0) is 27.9. The lowest BCUT2D eigenvalue weighted by atomic mass is 9.82. The molecule has 0 unspecified atom stereocenters. The number of hydrogen-bond acceptors (Lipinski definition) is 7. The lowest BCUT2D eigenvalue weighted by Gasteiger charge is -2.39. The second-order valence-corrected chi connectivity index (χ2v) is 11.1. The maximum absolute atomic E-state index is 13.2. The van der Waals surface area contributed by atoms with Crippen molar-refractivity contribution in [2.45, 2.75) is 63.4 Å². The number of aromatic nitrogens is 4. The highest BCUT2D eigenvalue weighted by atomic mass is 16.3. The molecular weight excluding hydrogens is 504 g/mol. The molecule has 206 valence electrons. The van der Waals surface area contributed by atoms with Crippen LogP contribution in [-0.4, -0.2) is 60.0 Å². The van der Waals surface area contributed by atoms with E-state index >= 15 is 0 Å². The number of pyridine rings is 1. The summed E-state index contributed by atoms with van der Waals surface area (Å²) in [5, 5.41) is 15.4. The third-order valence-electron chi connectivity index (χ3n) is 8.45. The maximum Gasteiger partial charge on any atom is 0.254 e. The maximum atomic E-state index is 13.2. The van der Waals surface area contributed by atoms with Gasteiger partial charge < -0.3 is 15.7 Å². The molecule has 3 aromatic heterocycles.